The van der Waals surface area contributed by atoms with E-state index >= 15 is 0 Å². The van der Waals surface area contributed by atoms with Gasteiger partial charge in [0.1, 0.15) is 0 Å². The molecule has 1 heterocycles. The molecular weight excluding hydrogens is 286 g/mol. The first-order valence-corrected chi connectivity index (χ1v) is 9.45. The topological polar surface area (TPSA) is 57.6 Å². The number of sulfonamides is 1. The molecular formula is C16H23NO3S. The second kappa shape index (κ2) is 5.38. The minimum Gasteiger partial charge on any atom is -0.389 e. The van der Waals surface area contributed by atoms with Crippen molar-refractivity contribution < 1.29 is 13.5 Å². The Labute approximate surface area is 126 Å². The minimum atomic E-state index is -3.11. The van der Waals surface area contributed by atoms with Crippen molar-refractivity contribution in [3.05, 3.63) is 35.4 Å². The molecule has 0 saturated carbocycles. The van der Waals surface area contributed by atoms with Crippen molar-refractivity contribution in [2.75, 3.05) is 19.3 Å². The molecule has 1 aliphatic heterocycles. The van der Waals surface area contributed by atoms with Crippen LogP contribution in [-0.2, 0) is 22.9 Å². The lowest BCUT2D eigenvalue weighted by Gasteiger charge is -2.35. The largest absolute Gasteiger partial charge is 0.389 e. The number of hydrogen-bond acceptors (Lipinski definition) is 3. The van der Waals surface area contributed by atoms with Gasteiger partial charge in [-0.25, -0.2) is 12.7 Å². The van der Waals surface area contributed by atoms with Crippen LogP contribution in [0.1, 0.15) is 30.4 Å². The fourth-order valence-corrected chi connectivity index (χ4v) is 4.79. The number of rotatable bonds is 3. The van der Waals surface area contributed by atoms with Gasteiger partial charge in [0.25, 0.3) is 0 Å². The number of benzene rings is 1. The van der Waals surface area contributed by atoms with Crippen LogP contribution in [0.3, 0.4) is 0 Å². The molecule has 1 aromatic carbocycles. The summed E-state index contributed by atoms with van der Waals surface area (Å²) in [5, 5.41) is 10.9. The van der Waals surface area contributed by atoms with Gasteiger partial charge in [0, 0.05) is 25.9 Å². The highest BCUT2D eigenvalue weighted by molar-refractivity contribution is 7.88. The molecule has 1 N–H and O–H groups in total. The minimum absolute atomic E-state index is 0.257. The fraction of sp³-hybridized carbons (Fsp3) is 0.625. The molecule has 0 amide bonds. The fourth-order valence-electron chi connectivity index (χ4n) is 3.85. The smallest absolute Gasteiger partial charge is 0.211 e. The van der Waals surface area contributed by atoms with Gasteiger partial charge in [0.05, 0.1) is 11.9 Å². The summed E-state index contributed by atoms with van der Waals surface area (Å²) in [7, 11) is -3.11. The Morgan fingerprint density at radius 2 is 1.90 bits per heavy atom. The molecule has 0 radical (unpaired) electrons. The van der Waals surface area contributed by atoms with Crippen molar-refractivity contribution in [1.29, 1.82) is 0 Å². The molecule has 1 atom stereocenters. The van der Waals surface area contributed by atoms with E-state index in [2.05, 4.69) is 12.1 Å². The third-order valence-electron chi connectivity index (χ3n) is 4.78. The van der Waals surface area contributed by atoms with Gasteiger partial charge in [0.2, 0.25) is 10.0 Å². The third kappa shape index (κ3) is 3.30. The van der Waals surface area contributed by atoms with E-state index < -0.39 is 15.6 Å². The summed E-state index contributed by atoms with van der Waals surface area (Å²) < 4.78 is 24.9. The Morgan fingerprint density at radius 1 is 1.29 bits per heavy atom. The van der Waals surface area contributed by atoms with E-state index in [4.69, 9.17) is 0 Å². The first-order chi connectivity index (χ1) is 9.86. The monoisotopic (exact) mass is 309 g/mol. The predicted molar refractivity (Wildman–Crippen MR) is 82.6 cm³/mol. The highest BCUT2D eigenvalue weighted by Crippen LogP contribution is 2.36. The molecule has 0 spiro atoms. The van der Waals surface area contributed by atoms with Crippen molar-refractivity contribution in [2.45, 2.75) is 37.7 Å². The summed E-state index contributed by atoms with van der Waals surface area (Å²) in [6, 6.07) is 8.18. The molecule has 2 aliphatic rings. The van der Waals surface area contributed by atoms with Gasteiger partial charge in [-0.2, -0.15) is 0 Å². The van der Waals surface area contributed by atoms with Crippen LogP contribution in [-0.4, -0.2) is 42.8 Å². The van der Waals surface area contributed by atoms with Crippen LogP contribution in [0, 0.1) is 5.92 Å². The summed E-state index contributed by atoms with van der Waals surface area (Å²) in [4.78, 5) is 0. The molecule has 1 saturated heterocycles. The summed E-state index contributed by atoms with van der Waals surface area (Å²) in [6.45, 7) is 1.17. The van der Waals surface area contributed by atoms with Crippen molar-refractivity contribution in [2.24, 2.45) is 5.92 Å². The summed E-state index contributed by atoms with van der Waals surface area (Å²) >= 11 is 0. The summed E-state index contributed by atoms with van der Waals surface area (Å²) in [6.07, 6.45) is 5.24. The first kappa shape index (κ1) is 15.0. The van der Waals surface area contributed by atoms with Gasteiger partial charge >= 0.3 is 0 Å². The highest BCUT2D eigenvalue weighted by atomic mass is 32.2. The zero-order chi connectivity index (χ0) is 15.1. The molecule has 4 nitrogen and oxygen atoms in total. The van der Waals surface area contributed by atoms with Gasteiger partial charge in [-0.15, -0.1) is 0 Å². The Balaban J connectivity index is 1.67. The van der Waals surface area contributed by atoms with E-state index in [0.29, 0.717) is 32.4 Å². The predicted octanol–water partition coefficient (Wildman–Crippen LogP) is 1.58. The van der Waals surface area contributed by atoms with E-state index in [1.54, 1.807) is 4.31 Å². The lowest BCUT2D eigenvalue weighted by Crippen LogP contribution is -2.42. The van der Waals surface area contributed by atoms with Crippen molar-refractivity contribution in [1.82, 2.24) is 4.31 Å². The Morgan fingerprint density at radius 3 is 2.48 bits per heavy atom. The zero-order valence-electron chi connectivity index (χ0n) is 12.5. The average Bonchev–Trinajstić information content (AvgIpc) is 2.73. The molecule has 0 bridgehead atoms. The lowest BCUT2D eigenvalue weighted by molar-refractivity contribution is 0.0173. The summed E-state index contributed by atoms with van der Waals surface area (Å²) in [5.74, 6) is 0.257. The molecule has 1 aromatic rings. The average molecular weight is 309 g/mol. The maximum Gasteiger partial charge on any atom is 0.211 e. The van der Waals surface area contributed by atoms with E-state index in [0.717, 1.165) is 12.8 Å². The number of piperidine rings is 1. The Bertz CT molecular complexity index is 601. The number of fused-ring (bicyclic) bond motifs is 1. The molecule has 0 aromatic heterocycles. The molecule has 116 valence electrons. The maximum absolute atomic E-state index is 11.7. The number of hydrogen-bond donors (Lipinski definition) is 1. The highest BCUT2D eigenvalue weighted by Gasteiger charge is 2.38. The van der Waals surface area contributed by atoms with Gasteiger partial charge in [0.15, 0.2) is 0 Å². The van der Waals surface area contributed by atoms with Crippen LogP contribution in [0.5, 0.6) is 0 Å². The second-order valence-electron chi connectivity index (χ2n) is 6.68. The van der Waals surface area contributed by atoms with Crippen LogP contribution >= 0.6 is 0 Å². The van der Waals surface area contributed by atoms with Crippen LogP contribution in [0.15, 0.2) is 24.3 Å². The van der Waals surface area contributed by atoms with Gasteiger partial charge < -0.3 is 5.11 Å². The van der Waals surface area contributed by atoms with E-state index in [-0.39, 0.29) is 5.92 Å². The van der Waals surface area contributed by atoms with Crippen molar-refractivity contribution in [3.8, 4) is 0 Å². The van der Waals surface area contributed by atoms with Gasteiger partial charge in [-0.05, 0) is 36.3 Å². The molecule has 3 rings (SSSR count). The zero-order valence-corrected chi connectivity index (χ0v) is 13.3. The second-order valence-corrected chi connectivity index (χ2v) is 8.66. The number of aliphatic hydroxyl groups is 1. The third-order valence-corrected chi connectivity index (χ3v) is 6.05. The van der Waals surface area contributed by atoms with E-state index in [1.165, 1.54) is 17.4 Å². The molecule has 1 fully saturated rings. The van der Waals surface area contributed by atoms with Crippen LogP contribution in [0.2, 0.25) is 0 Å². The standard InChI is InChI=1S/C16H23NO3S/c1-21(19,20)17-8-4-5-13(12-17)9-16(18)10-14-6-2-3-7-15(14)11-16/h2-3,6-7,13,18H,4-5,8-12H2,1H3. The SMILES string of the molecule is CS(=O)(=O)N1CCCC(CC2(O)Cc3ccccc3C2)C1. The Hall–Kier alpha value is -0.910. The normalized spacial score (nSPS) is 25.7. The van der Waals surface area contributed by atoms with Gasteiger partial charge in [-0.3, -0.25) is 0 Å². The molecule has 21 heavy (non-hydrogen) atoms. The summed E-state index contributed by atoms with van der Waals surface area (Å²) in [5.41, 5.74) is 1.76. The van der Waals surface area contributed by atoms with E-state index in [1.807, 2.05) is 12.1 Å². The molecule has 1 aliphatic carbocycles. The maximum atomic E-state index is 11.7. The molecule has 1 unspecified atom stereocenters. The first-order valence-electron chi connectivity index (χ1n) is 7.60. The van der Waals surface area contributed by atoms with Crippen molar-refractivity contribution >= 4 is 10.0 Å². The lowest BCUT2D eigenvalue weighted by atomic mass is 9.84. The molecule has 5 heteroatoms. The quantitative estimate of drug-likeness (QED) is 0.922. The van der Waals surface area contributed by atoms with Crippen LogP contribution in [0.4, 0.5) is 0 Å². The Kier molecular flexibility index (Phi) is 3.84. The van der Waals surface area contributed by atoms with Crippen LogP contribution < -0.4 is 0 Å². The number of nitrogens with zero attached hydrogens (tertiary/aromatic N) is 1. The van der Waals surface area contributed by atoms with Crippen molar-refractivity contribution in [3.63, 3.8) is 0 Å². The van der Waals surface area contributed by atoms with Gasteiger partial charge in [-0.1, -0.05) is 24.3 Å². The van der Waals surface area contributed by atoms with E-state index in [9.17, 15) is 13.5 Å². The van der Waals surface area contributed by atoms with Crippen LogP contribution in [0.25, 0.3) is 0 Å².